The predicted molar refractivity (Wildman–Crippen MR) is 78.2 cm³/mol. The van der Waals surface area contributed by atoms with Crippen molar-refractivity contribution in [2.24, 2.45) is 5.73 Å². The third-order valence-electron chi connectivity index (χ3n) is 3.14. The Balaban J connectivity index is 2.26. The third kappa shape index (κ3) is 3.44. The van der Waals surface area contributed by atoms with Gasteiger partial charge in [-0.1, -0.05) is 12.1 Å². The molecular weight excluding hydrogens is 273 g/mol. The standard InChI is InChI=1S/C16H18FNO3/c1-19-14-4-3-5-15(20-2)16(14)21-10-12-8-13(17)7-6-11(12)9-18/h3-8H,9-10,18H2,1-2H3. The van der Waals surface area contributed by atoms with Crippen molar-refractivity contribution < 1.29 is 18.6 Å². The fourth-order valence-electron chi connectivity index (χ4n) is 2.04. The van der Waals surface area contributed by atoms with Crippen LogP contribution in [0.25, 0.3) is 0 Å². The Morgan fingerprint density at radius 3 is 2.24 bits per heavy atom. The summed E-state index contributed by atoms with van der Waals surface area (Å²) in [4.78, 5) is 0. The van der Waals surface area contributed by atoms with Gasteiger partial charge in [0.2, 0.25) is 5.75 Å². The molecule has 0 unspecified atom stereocenters. The van der Waals surface area contributed by atoms with E-state index in [9.17, 15) is 4.39 Å². The minimum absolute atomic E-state index is 0.182. The molecule has 0 fully saturated rings. The number of methoxy groups -OCH3 is 2. The zero-order valence-electron chi connectivity index (χ0n) is 12.1. The Bertz CT molecular complexity index is 594. The number of hydrogen-bond donors (Lipinski definition) is 1. The molecule has 0 heterocycles. The summed E-state index contributed by atoms with van der Waals surface area (Å²) in [6.45, 7) is 0.503. The van der Waals surface area contributed by atoms with Crippen molar-refractivity contribution in [1.82, 2.24) is 0 Å². The lowest BCUT2D eigenvalue weighted by Gasteiger charge is -2.15. The van der Waals surface area contributed by atoms with Gasteiger partial charge in [0.1, 0.15) is 12.4 Å². The maximum absolute atomic E-state index is 13.4. The second kappa shape index (κ2) is 6.95. The molecule has 0 bridgehead atoms. The molecule has 5 heteroatoms. The zero-order chi connectivity index (χ0) is 15.2. The monoisotopic (exact) mass is 291 g/mol. The van der Waals surface area contributed by atoms with E-state index in [0.29, 0.717) is 29.4 Å². The molecule has 0 saturated carbocycles. The number of nitrogens with two attached hydrogens (primary N) is 1. The summed E-state index contributed by atoms with van der Waals surface area (Å²) in [6, 6.07) is 9.81. The molecule has 0 saturated heterocycles. The van der Waals surface area contributed by atoms with Crippen molar-refractivity contribution >= 4 is 0 Å². The molecule has 2 rings (SSSR count). The molecule has 0 aliphatic heterocycles. The van der Waals surface area contributed by atoms with Crippen LogP contribution in [0.3, 0.4) is 0 Å². The highest BCUT2D eigenvalue weighted by atomic mass is 19.1. The van der Waals surface area contributed by atoms with Crippen molar-refractivity contribution in [1.29, 1.82) is 0 Å². The molecule has 0 atom stereocenters. The van der Waals surface area contributed by atoms with E-state index >= 15 is 0 Å². The van der Waals surface area contributed by atoms with E-state index in [1.165, 1.54) is 12.1 Å². The van der Waals surface area contributed by atoms with Gasteiger partial charge in [0, 0.05) is 6.54 Å². The van der Waals surface area contributed by atoms with Crippen molar-refractivity contribution in [3.8, 4) is 17.2 Å². The number of rotatable bonds is 6. The summed E-state index contributed by atoms with van der Waals surface area (Å²) in [5.41, 5.74) is 7.19. The molecule has 0 radical (unpaired) electrons. The number of ether oxygens (including phenoxy) is 3. The van der Waals surface area contributed by atoms with Gasteiger partial charge >= 0.3 is 0 Å². The molecule has 4 nitrogen and oxygen atoms in total. The van der Waals surface area contributed by atoms with Gasteiger partial charge in [0.05, 0.1) is 14.2 Å². The largest absolute Gasteiger partial charge is 0.493 e. The van der Waals surface area contributed by atoms with Gasteiger partial charge < -0.3 is 19.9 Å². The van der Waals surface area contributed by atoms with Gasteiger partial charge in [-0.05, 0) is 35.4 Å². The van der Waals surface area contributed by atoms with Crippen LogP contribution in [0.4, 0.5) is 4.39 Å². The first-order valence-corrected chi connectivity index (χ1v) is 6.50. The lowest BCUT2D eigenvalue weighted by atomic mass is 10.1. The van der Waals surface area contributed by atoms with E-state index in [2.05, 4.69) is 0 Å². The van der Waals surface area contributed by atoms with Gasteiger partial charge in [-0.25, -0.2) is 4.39 Å². The summed E-state index contributed by atoms with van der Waals surface area (Å²) >= 11 is 0. The van der Waals surface area contributed by atoms with Crippen LogP contribution in [0.1, 0.15) is 11.1 Å². The van der Waals surface area contributed by atoms with E-state index in [0.717, 1.165) is 5.56 Å². The molecule has 0 spiro atoms. The van der Waals surface area contributed by atoms with Crippen LogP contribution in [0, 0.1) is 5.82 Å². The number of halogens is 1. The average molecular weight is 291 g/mol. The summed E-state index contributed by atoms with van der Waals surface area (Å²) in [6.07, 6.45) is 0. The summed E-state index contributed by atoms with van der Waals surface area (Å²) in [5.74, 6) is 1.27. The molecule has 0 aliphatic carbocycles. The molecule has 0 aromatic heterocycles. The second-order valence-corrected chi connectivity index (χ2v) is 4.40. The first-order valence-electron chi connectivity index (χ1n) is 6.50. The molecule has 2 aromatic carbocycles. The van der Waals surface area contributed by atoms with Gasteiger partial charge in [0.25, 0.3) is 0 Å². The highest BCUT2D eigenvalue weighted by Gasteiger charge is 2.12. The minimum Gasteiger partial charge on any atom is -0.493 e. The van der Waals surface area contributed by atoms with E-state index in [1.54, 1.807) is 38.5 Å². The third-order valence-corrected chi connectivity index (χ3v) is 3.14. The maximum atomic E-state index is 13.4. The SMILES string of the molecule is COc1cccc(OC)c1OCc1cc(F)ccc1CN. The van der Waals surface area contributed by atoms with E-state index in [4.69, 9.17) is 19.9 Å². The second-order valence-electron chi connectivity index (χ2n) is 4.40. The Morgan fingerprint density at radius 2 is 1.67 bits per heavy atom. The lowest BCUT2D eigenvalue weighted by molar-refractivity contribution is 0.265. The normalized spacial score (nSPS) is 10.3. The summed E-state index contributed by atoms with van der Waals surface area (Å²) in [5, 5.41) is 0. The quantitative estimate of drug-likeness (QED) is 0.889. The van der Waals surface area contributed by atoms with Crippen LogP contribution < -0.4 is 19.9 Å². The molecular formula is C16H18FNO3. The first-order chi connectivity index (χ1) is 10.2. The smallest absolute Gasteiger partial charge is 0.203 e. The van der Waals surface area contributed by atoms with E-state index in [-0.39, 0.29) is 12.4 Å². The average Bonchev–Trinajstić information content (AvgIpc) is 2.52. The van der Waals surface area contributed by atoms with Crippen LogP contribution in [0.15, 0.2) is 36.4 Å². The highest BCUT2D eigenvalue weighted by Crippen LogP contribution is 2.37. The minimum atomic E-state index is -0.321. The Morgan fingerprint density at radius 1 is 1.00 bits per heavy atom. The number of benzene rings is 2. The summed E-state index contributed by atoms with van der Waals surface area (Å²) in [7, 11) is 3.10. The molecule has 2 N–H and O–H groups in total. The van der Waals surface area contributed by atoms with Gasteiger partial charge in [-0.15, -0.1) is 0 Å². The van der Waals surface area contributed by atoms with E-state index in [1.807, 2.05) is 0 Å². The number of hydrogen-bond acceptors (Lipinski definition) is 4. The van der Waals surface area contributed by atoms with Crippen LogP contribution in [-0.4, -0.2) is 14.2 Å². The van der Waals surface area contributed by atoms with Crippen molar-refractivity contribution in [3.05, 3.63) is 53.3 Å². The molecule has 2 aromatic rings. The lowest BCUT2D eigenvalue weighted by Crippen LogP contribution is -2.06. The summed E-state index contributed by atoms with van der Waals surface area (Å²) < 4.78 is 29.6. The Hall–Kier alpha value is -2.27. The molecule has 112 valence electrons. The first kappa shape index (κ1) is 15.1. The van der Waals surface area contributed by atoms with Crippen molar-refractivity contribution in [2.45, 2.75) is 13.2 Å². The fourth-order valence-corrected chi connectivity index (χ4v) is 2.04. The Labute approximate surface area is 123 Å². The van der Waals surface area contributed by atoms with Crippen LogP contribution in [0.5, 0.6) is 17.2 Å². The predicted octanol–water partition coefficient (Wildman–Crippen LogP) is 2.88. The zero-order valence-corrected chi connectivity index (χ0v) is 12.1. The van der Waals surface area contributed by atoms with Crippen LogP contribution in [0.2, 0.25) is 0 Å². The Kier molecular flexibility index (Phi) is 5.00. The van der Waals surface area contributed by atoms with Crippen LogP contribution >= 0.6 is 0 Å². The van der Waals surface area contributed by atoms with E-state index < -0.39 is 0 Å². The number of para-hydroxylation sites is 1. The molecule has 0 amide bonds. The van der Waals surface area contributed by atoms with Gasteiger partial charge in [0.15, 0.2) is 11.5 Å². The highest BCUT2D eigenvalue weighted by molar-refractivity contribution is 5.51. The van der Waals surface area contributed by atoms with Crippen molar-refractivity contribution in [3.63, 3.8) is 0 Å². The van der Waals surface area contributed by atoms with Crippen LogP contribution in [-0.2, 0) is 13.2 Å². The van der Waals surface area contributed by atoms with Gasteiger partial charge in [-0.3, -0.25) is 0 Å². The topological polar surface area (TPSA) is 53.7 Å². The molecule has 21 heavy (non-hydrogen) atoms. The molecule has 0 aliphatic rings. The van der Waals surface area contributed by atoms with Gasteiger partial charge in [-0.2, -0.15) is 0 Å². The maximum Gasteiger partial charge on any atom is 0.203 e. The fraction of sp³-hybridized carbons (Fsp3) is 0.250. The van der Waals surface area contributed by atoms with Crippen molar-refractivity contribution in [2.75, 3.05) is 14.2 Å².